The fraction of sp³-hybridized carbons (Fsp3) is 0.238. The number of halogens is 1. The van der Waals surface area contributed by atoms with E-state index in [1.165, 1.54) is 0 Å². The molecule has 0 atom stereocenters. The van der Waals surface area contributed by atoms with Gasteiger partial charge in [-0.25, -0.2) is 19.9 Å². The standard InChI is InChI=1S/C21H21BrN8/c1-28-8-10-29(11-9-28)16-3-4-19(24-12-16)27-21-23-7-6-17(26-21)18-13-25-20-5-2-15(22)14-30(18)20/h2-7,12-14H,8-11H2,1H3,(H,23,24,26,27). The van der Waals surface area contributed by atoms with E-state index in [1.54, 1.807) is 6.20 Å². The van der Waals surface area contributed by atoms with Gasteiger partial charge in [-0.3, -0.25) is 4.40 Å². The predicted octanol–water partition coefficient (Wildman–Crippen LogP) is 3.44. The Bertz CT molecular complexity index is 1170. The van der Waals surface area contributed by atoms with Gasteiger partial charge in [0.1, 0.15) is 11.5 Å². The number of fused-ring (bicyclic) bond motifs is 1. The highest BCUT2D eigenvalue weighted by atomic mass is 79.9. The molecule has 30 heavy (non-hydrogen) atoms. The number of imidazole rings is 1. The fourth-order valence-corrected chi connectivity index (χ4v) is 3.87. The summed E-state index contributed by atoms with van der Waals surface area (Å²) in [7, 11) is 2.16. The molecule has 5 heterocycles. The number of hydrogen-bond acceptors (Lipinski definition) is 7. The van der Waals surface area contributed by atoms with E-state index in [0.29, 0.717) is 11.8 Å². The normalized spacial score (nSPS) is 14.9. The summed E-state index contributed by atoms with van der Waals surface area (Å²) in [5, 5.41) is 3.20. The number of likely N-dealkylation sites (N-methyl/N-ethyl adjacent to an activating group) is 1. The quantitative estimate of drug-likeness (QED) is 0.495. The fourth-order valence-electron chi connectivity index (χ4n) is 3.53. The van der Waals surface area contributed by atoms with Crippen LogP contribution < -0.4 is 10.2 Å². The molecule has 4 aromatic heterocycles. The highest BCUT2D eigenvalue weighted by Gasteiger charge is 2.14. The lowest BCUT2D eigenvalue weighted by molar-refractivity contribution is 0.313. The first kappa shape index (κ1) is 19.0. The summed E-state index contributed by atoms with van der Waals surface area (Å²) in [4.78, 5) is 22.7. The molecule has 1 saturated heterocycles. The van der Waals surface area contributed by atoms with Crippen molar-refractivity contribution >= 4 is 39.0 Å². The van der Waals surface area contributed by atoms with Crippen molar-refractivity contribution in [3.63, 3.8) is 0 Å². The predicted molar refractivity (Wildman–Crippen MR) is 121 cm³/mol. The molecular weight excluding hydrogens is 444 g/mol. The van der Waals surface area contributed by atoms with Crippen LogP contribution in [0.25, 0.3) is 17.0 Å². The molecule has 0 aromatic carbocycles. The molecule has 9 heteroatoms. The Morgan fingerprint density at radius 3 is 2.60 bits per heavy atom. The maximum Gasteiger partial charge on any atom is 0.228 e. The second-order valence-corrected chi connectivity index (χ2v) is 8.22. The Balaban J connectivity index is 1.35. The molecule has 0 radical (unpaired) electrons. The van der Waals surface area contributed by atoms with Crippen LogP contribution in [0, 0.1) is 0 Å². The molecule has 1 aliphatic rings. The molecular formula is C21H21BrN8. The van der Waals surface area contributed by atoms with Crippen LogP contribution in [0.1, 0.15) is 0 Å². The zero-order valence-corrected chi connectivity index (χ0v) is 18.1. The van der Waals surface area contributed by atoms with E-state index < -0.39 is 0 Å². The zero-order valence-electron chi connectivity index (χ0n) is 16.5. The summed E-state index contributed by atoms with van der Waals surface area (Å²) in [6.07, 6.45) is 7.43. The minimum Gasteiger partial charge on any atom is -0.368 e. The van der Waals surface area contributed by atoms with Gasteiger partial charge in [0.05, 0.1) is 29.5 Å². The lowest BCUT2D eigenvalue weighted by atomic mass is 10.3. The minimum atomic E-state index is 0.497. The first-order valence-electron chi connectivity index (χ1n) is 9.78. The minimum absolute atomic E-state index is 0.497. The molecule has 1 fully saturated rings. The van der Waals surface area contributed by atoms with Gasteiger partial charge in [0.2, 0.25) is 5.95 Å². The summed E-state index contributed by atoms with van der Waals surface area (Å²) >= 11 is 3.51. The molecule has 0 spiro atoms. The van der Waals surface area contributed by atoms with Crippen molar-refractivity contribution in [1.29, 1.82) is 0 Å². The first-order valence-corrected chi connectivity index (χ1v) is 10.6. The van der Waals surface area contributed by atoms with Gasteiger partial charge in [-0.1, -0.05) is 0 Å². The number of hydrogen-bond donors (Lipinski definition) is 1. The van der Waals surface area contributed by atoms with Crippen molar-refractivity contribution in [3.8, 4) is 11.4 Å². The number of anilines is 3. The largest absolute Gasteiger partial charge is 0.368 e. The third-order valence-corrected chi connectivity index (χ3v) is 5.71. The lowest BCUT2D eigenvalue weighted by Gasteiger charge is -2.33. The molecule has 152 valence electrons. The topological polar surface area (TPSA) is 74.5 Å². The van der Waals surface area contributed by atoms with Crippen LogP contribution in [0.5, 0.6) is 0 Å². The number of rotatable bonds is 4. The van der Waals surface area contributed by atoms with Gasteiger partial charge in [-0.2, -0.15) is 0 Å². The SMILES string of the molecule is CN1CCN(c2ccc(Nc3nccc(-c4cnc5ccc(Br)cn45)n3)nc2)CC1. The van der Waals surface area contributed by atoms with Crippen molar-refractivity contribution in [2.45, 2.75) is 0 Å². The number of nitrogens with one attached hydrogen (secondary N) is 1. The molecule has 0 unspecified atom stereocenters. The molecule has 4 aromatic rings. The van der Waals surface area contributed by atoms with E-state index in [9.17, 15) is 0 Å². The summed E-state index contributed by atoms with van der Waals surface area (Å²) in [5.74, 6) is 1.21. The van der Waals surface area contributed by atoms with Crippen LogP contribution in [0.4, 0.5) is 17.5 Å². The van der Waals surface area contributed by atoms with Crippen LogP contribution >= 0.6 is 15.9 Å². The molecule has 0 bridgehead atoms. The third-order valence-electron chi connectivity index (χ3n) is 5.24. The first-order chi connectivity index (χ1) is 14.7. The molecule has 0 saturated carbocycles. The van der Waals surface area contributed by atoms with Gasteiger partial charge < -0.3 is 15.1 Å². The molecule has 1 aliphatic heterocycles. The Morgan fingerprint density at radius 1 is 0.933 bits per heavy atom. The average molecular weight is 465 g/mol. The Morgan fingerprint density at radius 2 is 1.80 bits per heavy atom. The lowest BCUT2D eigenvalue weighted by Crippen LogP contribution is -2.44. The Hall–Kier alpha value is -3.04. The van der Waals surface area contributed by atoms with Crippen LogP contribution in [-0.4, -0.2) is 62.5 Å². The second kappa shape index (κ2) is 8.00. The molecule has 1 N–H and O–H groups in total. The zero-order chi connectivity index (χ0) is 20.5. The summed E-state index contributed by atoms with van der Waals surface area (Å²) in [5.41, 5.74) is 3.68. The second-order valence-electron chi connectivity index (χ2n) is 7.30. The van der Waals surface area contributed by atoms with Gasteiger partial charge in [-0.05, 0) is 53.3 Å². The van der Waals surface area contributed by atoms with Crippen molar-refractivity contribution in [2.24, 2.45) is 0 Å². The molecule has 0 aliphatic carbocycles. The van der Waals surface area contributed by atoms with Crippen molar-refractivity contribution in [2.75, 3.05) is 43.4 Å². The molecule has 0 amide bonds. The van der Waals surface area contributed by atoms with E-state index in [1.807, 2.05) is 47.3 Å². The summed E-state index contributed by atoms with van der Waals surface area (Å²) in [6.45, 7) is 4.18. The highest BCUT2D eigenvalue weighted by molar-refractivity contribution is 9.10. The Kier molecular flexibility index (Phi) is 5.06. The van der Waals surface area contributed by atoms with E-state index in [-0.39, 0.29) is 0 Å². The number of aromatic nitrogens is 5. The van der Waals surface area contributed by atoms with Crippen molar-refractivity contribution in [1.82, 2.24) is 29.2 Å². The van der Waals surface area contributed by atoms with Crippen LogP contribution in [0.2, 0.25) is 0 Å². The number of nitrogens with zero attached hydrogens (tertiary/aromatic N) is 7. The molecule has 8 nitrogen and oxygen atoms in total. The maximum atomic E-state index is 4.66. The third kappa shape index (κ3) is 3.86. The van der Waals surface area contributed by atoms with E-state index >= 15 is 0 Å². The van der Waals surface area contributed by atoms with Gasteiger partial charge in [-0.15, -0.1) is 0 Å². The van der Waals surface area contributed by atoms with Gasteiger partial charge in [0, 0.05) is 43.0 Å². The smallest absolute Gasteiger partial charge is 0.228 e. The van der Waals surface area contributed by atoms with E-state index in [2.05, 4.69) is 64.1 Å². The summed E-state index contributed by atoms with van der Waals surface area (Å²) in [6, 6.07) is 9.86. The monoisotopic (exact) mass is 464 g/mol. The van der Waals surface area contributed by atoms with E-state index in [4.69, 9.17) is 0 Å². The van der Waals surface area contributed by atoms with Crippen LogP contribution in [-0.2, 0) is 0 Å². The highest BCUT2D eigenvalue weighted by Crippen LogP contribution is 2.23. The maximum absolute atomic E-state index is 4.66. The van der Waals surface area contributed by atoms with Crippen LogP contribution in [0.15, 0.2) is 59.6 Å². The average Bonchev–Trinajstić information content (AvgIpc) is 3.18. The summed E-state index contributed by atoms with van der Waals surface area (Å²) < 4.78 is 2.98. The van der Waals surface area contributed by atoms with Crippen molar-refractivity contribution in [3.05, 3.63) is 59.6 Å². The number of piperazine rings is 1. The van der Waals surface area contributed by atoms with Gasteiger partial charge in [0.25, 0.3) is 0 Å². The molecule has 5 rings (SSSR count). The van der Waals surface area contributed by atoms with Gasteiger partial charge >= 0.3 is 0 Å². The van der Waals surface area contributed by atoms with Gasteiger partial charge in [0.15, 0.2) is 0 Å². The van der Waals surface area contributed by atoms with E-state index in [0.717, 1.165) is 53.4 Å². The van der Waals surface area contributed by atoms with Crippen LogP contribution in [0.3, 0.4) is 0 Å². The van der Waals surface area contributed by atoms with Crippen molar-refractivity contribution < 1.29 is 0 Å². The Labute approximate surface area is 182 Å². The number of pyridine rings is 2.